The van der Waals surface area contributed by atoms with Crippen LogP contribution in [0.25, 0.3) is 0 Å². The largest absolute Gasteiger partial charge is 0.325 e. The summed E-state index contributed by atoms with van der Waals surface area (Å²) in [5, 5.41) is 11.9. The molecule has 0 aliphatic rings. The highest BCUT2D eigenvalue weighted by Crippen LogP contribution is 2.23. The molecular weight excluding hydrogens is 332 g/mol. The predicted octanol–water partition coefficient (Wildman–Crippen LogP) is 3.53. The number of aromatic nitrogens is 3. The number of anilines is 1. The molecule has 25 heavy (non-hydrogen) atoms. The van der Waals surface area contributed by atoms with Gasteiger partial charge in [-0.1, -0.05) is 60.3 Å². The lowest BCUT2D eigenvalue weighted by molar-refractivity contribution is -0.115. The zero-order valence-electron chi connectivity index (χ0n) is 14.2. The van der Waals surface area contributed by atoms with Gasteiger partial charge >= 0.3 is 0 Å². The van der Waals surface area contributed by atoms with Gasteiger partial charge < -0.3 is 9.88 Å². The zero-order chi connectivity index (χ0) is 17.6. The van der Waals surface area contributed by atoms with Crippen LogP contribution in [-0.2, 0) is 18.3 Å². The minimum atomic E-state index is -0.271. The maximum atomic E-state index is 12.3. The van der Waals surface area contributed by atoms with E-state index >= 15 is 0 Å². The van der Waals surface area contributed by atoms with Gasteiger partial charge in [0.2, 0.25) is 5.91 Å². The minimum Gasteiger partial charge on any atom is -0.325 e. The van der Waals surface area contributed by atoms with Gasteiger partial charge in [-0.05, 0) is 24.6 Å². The molecule has 1 aromatic heterocycles. The van der Waals surface area contributed by atoms with Crippen LogP contribution in [0.15, 0.2) is 65.8 Å². The van der Waals surface area contributed by atoms with Gasteiger partial charge in [0.25, 0.3) is 0 Å². The molecule has 6 heteroatoms. The molecule has 0 saturated heterocycles. The normalized spacial score (nSPS) is 11.9. The van der Waals surface area contributed by atoms with E-state index < -0.39 is 0 Å². The van der Waals surface area contributed by atoms with Gasteiger partial charge in [-0.15, -0.1) is 10.2 Å². The predicted molar refractivity (Wildman–Crippen MR) is 101 cm³/mol. The molecule has 1 atom stereocenters. The summed E-state index contributed by atoms with van der Waals surface area (Å²) < 4.78 is 1.95. The van der Waals surface area contributed by atoms with Crippen molar-refractivity contribution in [1.82, 2.24) is 14.8 Å². The lowest BCUT2D eigenvalue weighted by atomic mass is 10.1. The Morgan fingerprint density at radius 2 is 1.72 bits per heavy atom. The van der Waals surface area contributed by atoms with Crippen LogP contribution in [-0.4, -0.2) is 25.9 Å². The quantitative estimate of drug-likeness (QED) is 0.690. The maximum absolute atomic E-state index is 12.3. The summed E-state index contributed by atoms with van der Waals surface area (Å²) in [5.74, 6) is 0.827. The number of nitrogens with one attached hydrogen (secondary N) is 1. The first-order chi connectivity index (χ1) is 12.1. The Bertz CT molecular complexity index is 833. The Labute approximate surface area is 151 Å². The first kappa shape index (κ1) is 17.2. The summed E-state index contributed by atoms with van der Waals surface area (Å²) in [6, 6.07) is 19.6. The second kappa shape index (κ2) is 7.98. The molecule has 1 amide bonds. The molecule has 0 unspecified atom stereocenters. The molecule has 0 aliphatic carbocycles. The third kappa shape index (κ3) is 4.48. The number of carbonyl (C=O) groups is 1. The SMILES string of the molecule is C[C@H](Sc1nnc(Cc2ccccc2)n1C)C(=O)Nc1ccccc1. The van der Waals surface area contributed by atoms with Gasteiger partial charge in [0.05, 0.1) is 5.25 Å². The lowest BCUT2D eigenvalue weighted by Gasteiger charge is -2.11. The smallest absolute Gasteiger partial charge is 0.237 e. The van der Waals surface area contributed by atoms with E-state index in [9.17, 15) is 4.79 Å². The lowest BCUT2D eigenvalue weighted by Crippen LogP contribution is -2.22. The summed E-state index contributed by atoms with van der Waals surface area (Å²) >= 11 is 1.41. The number of hydrogen-bond acceptors (Lipinski definition) is 4. The minimum absolute atomic E-state index is 0.0520. The number of amides is 1. The molecule has 0 saturated carbocycles. The molecule has 3 rings (SSSR count). The molecule has 0 radical (unpaired) electrons. The van der Waals surface area contributed by atoms with E-state index in [1.54, 1.807) is 0 Å². The van der Waals surface area contributed by atoms with Crippen molar-refractivity contribution in [3.63, 3.8) is 0 Å². The number of hydrogen-bond donors (Lipinski definition) is 1. The monoisotopic (exact) mass is 352 g/mol. The molecule has 0 aliphatic heterocycles. The Morgan fingerprint density at radius 1 is 1.08 bits per heavy atom. The van der Waals surface area contributed by atoms with Crippen molar-refractivity contribution in [3.8, 4) is 0 Å². The van der Waals surface area contributed by atoms with E-state index in [4.69, 9.17) is 0 Å². The second-order valence-electron chi connectivity index (χ2n) is 5.74. The van der Waals surface area contributed by atoms with Crippen molar-refractivity contribution >= 4 is 23.4 Å². The molecule has 5 nitrogen and oxygen atoms in total. The van der Waals surface area contributed by atoms with Crippen LogP contribution < -0.4 is 5.32 Å². The number of nitrogens with zero attached hydrogens (tertiary/aromatic N) is 3. The second-order valence-corrected chi connectivity index (χ2v) is 7.04. The molecule has 2 aromatic carbocycles. The fraction of sp³-hybridized carbons (Fsp3) is 0.211. The van der Waals surface area contributed by atoms with E-state index in [2.05, 4.69) is 27.6 Å². The zero-order valence-corrected chi connectivity index (χ0v) is 15.0. The fourth-order valence-electron chi connectivity index (χ4n) is 2.36. The van der Waals surface area contributed by atoms with Crippen molar-refractivity contribution in [2.45, 2.75) is 23.8 Å². The first-order valence-electron chi connectivity index (χ1n) is 8.08. The summed E-state index contributed by atoms with van der Waals surface area (Å²) in [7, 11) is 1.93. The van der Waals surface area contributed by atoms with Crippen LogP contribution in [0.2, 0.25) is 0 Å². The Hall–Kier alpha value is -2.60. The molecule has 1 N–H and O–H groups in total. The van der Waals surface area contributed by atoms with Crippen molar-refractivity contribution in [2.75, 3.05) is 5.32 Å². The molecule has 3 aromatic rings. The van der Waals surface area contributed by atoms with Gasteiger partial charge in [0.15, 0.2) is 5.16 Å². The molecule has 0 bridgehead atoms. The number of rotatable bonds is 6. The van der Waals surface area contributed by atoms with Crippen LogP contribution in [0.5, 0.6) is 0 Å². The number of para-hydroxylation sites is 1. The Balaban J connectivity index is 1.63. The highest BCUT2D eigenvalue weighted by atomic mass is 32.2. The first-order valence-corrected chi connectivity index (χ1v) is 8.96. The Morgan fingerprint density at radius 3 is 2.40 bits per heavy atom. The fourth-order valence-corrected chi connectivity index (χ4v) is 3.19. The van der Waals surface area contributed by atoms with E-state index in [1.807, 2.05) is 67.1 Å². The summed E-state index contributed by atoms with van der Waals surface area (Å²) in [6.45, 7) is 1.87. The highest BCUT2D eigenvalue weighted by molar-refractivity contribution is 8.00. The number of carbonyl (C=O) groups excluding carboxylic acids is 1. The van der Waals surface area contributed by atoms with E-state index in [0.717, 1.165) is 23.1 Å². The van der Waals surface area contributed by atoms with Gasteiger partial charge in [0, 0.05) is 19.2 Å². The molecule has 1 heterocycles. The van der Waals surface area contributed by atoms with Crippen LogP contribution >= 0.6 is 11.8 Å². The van der Waals surface area contributed by atoms with Gasteiger partial charge in [0.1, 0.15) is 5.82 Å². The average Bonchev–Trinajstić information content (AvgIpc) is 2.97. The molecule has 0 fully saturated rings. The van der Waals surface area contributed by atoms with E-state index in [1.165, 1.54) is 17.3 Å². The summed E-state index contributed by atoms with van der Waals surface area (Å²) in [5.41, 5.74) is 1.98. The third-order valence-electron chi connectivity index (χ3n) is 3.82. The van der Waals surface area contributed by atoms with Crippen LogP contribution in [0, 0.1) is 0 Å². The van der Waals surface area contributed by atoms with Gasteiger partial charge in [-0.2, -0.15) is 0 Å². The van der Waals surface area contributed by atoms with Crippen molar-refractivity contribution in [2.24, 2.45) is 7.05 Å². The van der Waals surface area contributed by atoms with Crippen molar-refractivity contribution in [1.29, 1.82) is 0 Å². The van der Waals surface area contributed by atoms with E-state index in [-0.39, 0.29) is 11.2 Å². The van der Waals surface area contributed by atoms with Gasteiger partial charge in [-0.25, -0.2) is 0 Å². The molecule has 128 valence electrons. The average molecular weight is 352 g/mol. The highest BCUT2D eigenvalue weighted by Gasteiger charge is 2.19. The van der Waals surface area contributed by atoms with Crippen LogP contribution in [0.4, 0.5) is 5.69 Å². The molecular formula is C19H20N4OS. The Kier molecular flexibility index (Phi) is 5.50. The molecule has 0 spiro atoms. The van der Waals surface area contributed by atoms with E-state index in [0.29, 0.717) is 0 Å². The van der Waals surface area contributed by atoms with Crippen LogP contribution in [0.3, 0.4) is 0 Å². The standard InChI is InChI=1S/C19H20N4OS/c1-14(18(24)20-16-11-7-4-8-12-16)25-19-22-21-17(23(19)2)13-15-9-5-3-6-10-15/h3-12,14H,13H2,1-2H3,(H,20,24)/t14-/m0/s1. The van der Waals surface area contributed by atoms with Gasteiger partial charge in [-0.3, -0.25) is 4.79 Å². The number of benzene rings is 2. The third-order valence-corrected chi connectivity index (χ3v) is 4.96. The topological polar surface area (TPSA) is 59.8 Å². The van der Waals surface area contributed by atoms with Crippen molar-refractivity contribution < 1.29 is 4.79 Å². The summed E-state index contributed by atoms with van der Waals surface area (Å²) in [6.07, 6.45) is 0.718. The summed E-state index contributed by atoms with van der Waals surface area (Å²) in [4.78, 5) is 12.3. The maximum Gasteiger partial charge on any atom is 0.237 e. The number of thioether (sulfide) groups is 1. The van der Waals surface area contributed by atoms with Crippen molar-refractivity contribution in [3.05, 3.63) is 72.1 Å². The van der Waals surface area contributed by atoms with Crippen LogP contribution in [0.1, 0.15) is 18.3 Å².